The van der Waals surface area contributed by atoms with Gasteiger partial charge < -0.3 is 10.0 Å². The third kappa shape index (κ3) is 3.79. The normalized spacial score (nSPS) is 12.8. The first-order valence-electron chi connectivity index (χ1n) is 8.68. The van der Waals surface area contributed by atoms with E-state index in [0.717, 1.165) is 42.5 Å². The molecule has 3 N–H and O–H groups in total. The van der Waals surface area contributed by atoms with E-state index in [1.165, 1.54) is 0 Å². The Morgan fingerprint density at radius 1 is 0.962 bits per heavy atom. The summed E-state index contributed by atoms with van der Waals surface area (Å²) in [5, 5.41) is 10.1. The maximum absolute atomic E-state index is 12.4. The van der Waals surface area contributed by atoms with E-state index >= 15 is 0 Å². The van der Waals surface area contributed by atoms with Crippen LogP contribution in [-0.2, 0) is 12.8 Å². The number of benzene rings is 2. The lowest BCUT2D eigenvalue weighted by Gasteiger charge is -2.18. The number of amides is 2. The van der Waals surface area contributed by atoms with Gasteiger partial charge in [0.05, 0.1) is 5.56 Å². The number of phenols is 1. The summed E-state index contributed by atoms with van der Waals surface area (Å²) >= 11 is 0. The number of nitrogens with zero attached hydrogens (tertiary/aromatic N) is 1. The zero-order chi connectivity index (χ0) is 18.7. The Morgan fingerprint density at radius 3 is 2.31 bits per heavy atom. The number of carbonyl (C=O) groups is 2. The summed E-state index contributed by atoms with van der Waals surface area (Å²) in [7, 11) is 3.77. The number of hydrazine groups is 1. The number of phenolic OH excluding ortho intramolecular Hbond substituents is 1. The Labute approximate surface area is 152 Å². The second kappa shape index (κ2) is 7.47. The van der Waals surface area contributed by atoms with Crippen LogP contribution in [-0.4, -0.2) is 31.0 Å². The molecule has 0 atom stereocenters. The fourth-order valence-electron chi connectivity index (χ4n) is 3.13. The minimum Gasteiger partial charge on any atom is -0.507 e. The lowest BCUT2D eigenvalue weighted by atomic mass is 9.90. The summed E-state index contributed by atoms with van der Waals surface area (Å²) in [6.45, 7) is 0. The highest BCUT2D eigenvalue weighted by Crippen LogP contribution is 2.28. The van der Waals surface area contributed by atoms with E-state index in [0.29, 0.717) is 5.56 Å². The molecule has 0 saturated heterocycles. The molecule has 6 nitrogen and oxygen atoms in total. The van der Waals surface area contributed by atoms with E-state index in [1.807, 2.05) is 25.1 Å². The predicted molar refractivity (Wildman–Crippen MR) is 100 cm³/mol. The van der Waals surface area contributed by atoms with Crippen molar-refractivity contribution in [3.05, 3.63) is 58.7 Å². The van der Waals surface area contributed by atoms with Gasteiger partial charge in [-0.1, -0.05) is 6.07 Å². The van der Waals surface area contributed by atoms with Crippen molar-refractivity contribution in [1.82, 2.24) is 10.9 Å². The highest BCUT2D eigenvalue weighted by molar-refractivity contribution is 6.00. The Kier molecular flexibility index (Phi) is 5.11. The summed E-state index contributed by atoms with van der Waals surface area (Å²) in [4.78, 5) is 26.5. The molecular weight excluding hydrogens is 330 g/mol. The van der Waals surface area contributed by atoms with E-state index in [4.69, 9.17) is 0 Å². The molecule has 2 aromatic rings. The first-order valence-corrected chi connectivity index (χ1v) is 8.68. The Hall–Kier alpha value is -3.02. The van der Waals surface area contributed by atoms with Crippen molar-refractivity contribution in [1.29, 1.82) is 0 Å². The molecule has 3 rings (SSSR count). The molecule has 1 aliphatic rings. The standard InChI is InChI=1S/C20H23N3O3/c1-23(2)16-9-5-8-15(10-16)19(25)21-22-20(26)17-11-13-6-3-4-7-14(13)12-18(17)24/h5,8-12,24H,3-4,6-7H2,1-2H3,(H,21,25)(H,22,26). The Morgan fingerprint density at radius 2 is 1.62 bits per heavy atom. The topological polar surface area (TPSA) is 81.7 Å². The van der Waals surface area contributed by atoms with E-state index in [9.17, 15) is 14.7 Å². The molecule has 136 valence electrons. The predicted octanol–water partition coefficient (Wildman–Crippen LogP) is 2.41. The number of carbonyl (C=O) groups excluding carboxylic acids is 2. The largest absolute Gasteiger partial charge is 0.507 e. The number of rotatable bonds is 3. The van der Waals surface area contributed by atoms with E-state index in [-0.39, 0.29) is 11.3 Å². The Bertz CT molecular complexity index is 846. The molecule has 0 aliphatic heterocycles. The summed E-state index contributed by atoms with van der Waals surface area (Å²) in [6.07, 6.45) is 4.00. The highest BCUT2D eigenvalue weighted by Gasteiger charge is 2.18. The number of hydrogen-bond donors (Lipinski definition) is 3. The Balaban J connectivity index is 1.69. The van der Waals surface area contributed by atoms with Crippen molar-refractivity contribution in [2.24, 2.45) is 0 Å². The van der Waals surface area contributed by atoms with Gasteiger partial charge in [0.2, 0.25) is 0 Å². The van der Waals surface area contributed by atoms with Crippen molar-refractivity contribution in [2.75, 3.05) is 19.0 Å². The SMILES string of the molecule is CN(C)c1cccc(C(=O)NNC(=O)c2cc3c(cc2O)CCCC3)c1. The van der Waals surface area contributed by atoms with Crippen molar-refractivity contribution in [3.63, 3.8) is 0 Å². The molecule has 0 saturated carbocycles. The van der Waals surface area contributed by atoms with Crippen molar-refractivity contribution >= 4 is 17.5 Å². The first-order chi connectivity index (χ1) is 12.5. The van der Waals surface area contributed by atoms with Crippen LogP contribution in [0.5, 0.6) is 5.75 Å². The maximum atomic E-state index is 12.4. The molecule has 1 aliphatic carbocycles. The maximum Gasteiger partial charge on any atom is 0.273 e. The first kappa shape index (κ1) is 17.8. The van der Waals surface area contributed by atoms with Gasteiger partial charge in [0.1, 0.15) is 5.75 Å². The molecule has 26 heavy (non-hydrogen) atoms. The van der Waals surface area contributed by atoms with Gasteiger partial charge in [0, 0.05) is 25.3 Å². The van der Waals surface area contributed by atoms with Gasteiger partial charge in [-0.05, 0) is 67.1 Å². The van der Waals surface area contributed by atoms with Crippen LogP contribution in [0.3, 0.4) is 0 Å². The van der Waals surface area contributed by atoms with Gasteiger partial charge in [-0.2, -0.15) is 0 Å². The zero-order valence-corrected chi connectivity index (χ0v) is 15.0. The van der Waals surface area contributed by atoms with Gasteiger partial charge in [-0.15, -0.1) is 0 Å². The molecule has 2 amide bonds. The molecule has 0 unspecified atom stereocenters. The summed E-state index contributed by atoms with van der Waals surface area (Å²) in [6, 6.07) is 10.5. The van der Waals surface area contributed by atoms with Gasteiger partial charge in [0.25, 0.3) is 11.8 Å². The average Bonchev–Trinajstić information content (AvgIpc) is 2.65. The third-order valence-corrected chi connectivity index (χ3v) is 4.62. The fourth-order valence-corrected chi connectivity index (χ4v) is 3.13. The van der Waals surface area contributed by atoms with Crippen molar-refractivity contribution in [2.45, 2.75) is 25.7 Å². The summed E-state index contributed by atoms with van der Waals surface area (Å²) in [5.41, 5.74) is 8.46. The van der Waals surface area contributed by atoms with Crippen LogP contribution in [0.4, 0.5) is 5.69 Å². The average molecular weight is 353 g/mol. The van der Waals surface area contributed by atoms with Crippen LogP contribution in [0.2, 0.25) is 0 Å². The minimum absolute atomic E-state index is 0.0630. The van der Waals surface area contributed by atoms with Crippen LogP contribution in [0.25, 0.3) is 0 Å². The number of aryl methyl sites for hydroxylation is 2. The summed E-state index contributed by atoms with van der Waals surface area (Å²) in [5.74, 6) is -1.01. The lowest BCUT2D eigenvalue weighted by Crippen LogP contribution is -2.41. The van der Waals surface area contributed by atoms with Gasteiger partial charge in [0.15, 0.2) is 0 Å². The highest BCUT2D eigenvalue weighted by atomic mass is 16.3. The molecule has 0 bridgehead atoms. The lowest BCUT2D eigenvalue weighted by molar-refractivity contribution is 0.0845. The van der Waals surface area contributed by atoms with Gasteiger partial charge >= 0.3 is 0 Å². The number of fused-ring (bicyclic) bond motifs is 1. The number of nitrogens with one attached hydrogen (secondary N) is 2. The van der Waals surface area contributed by atoms with Gasteiger partial charge in [-0.25, -0.2) is 0 Å². The van der Waals surface area contributed by atoms with Crippen LogP contribution < -0.4 is 15.8 Å². The molecule has 6 heteroatoms. The van der Waals surface area contributed by atoms with Crippen LogP contribution in [0.1, 0.15) is 44.7 Å². The minimum atomic E-state index is -0.534. The zero-order valence-electron chi connectivity index (χ0n) is 15.0. The van der Waals surface area contributed by atoms with Crippen molar-refractivity contribution < 1.29 is 14.7 Å². The second-order valence-corrected chi connectivity index (χ2v) is 6.70. The quantitative estimate of drug-likeness (QED) is 0.740. The number of anilines is 1. The van der Waals surface area contributed by atoms with Crippen molar-refractivity contribution in [3.8, 4) is 5.75 Å². The van der Waals surface area contributed by atoms with Crippen LogP contribution in [0, 0.1) is 0 Å². The number of hydrogen-bond acceptors (Lipinski definition) is 4. The second-order valence-electron chi connectivity index (χ2n) is 6.70. The van der Waals surface area contributed by atoms with E-state index in [2.05, 4.69) is 10.9 Å². The van der Waals surface area contributed by atoms with Crippen LogP contribution in [0.15, 0.2) is 36.4 Å². The molecule has 0 spiro atoms. The van der Waals surface area contributed by atoms with Gasteiger partial charge in [-0.3, -0.25) is 20.4 Å². The molecule has 0 fully saturated rings. The molecule has 0 aromatic heterocycles. The number of aromatic hydroxyl groups is 1. The molecule has 0 heterocycles. The smallest absolute Gasteiger partial charge is 0.273 e. The van der Waals surface area contributed by atoms with E-state index < -0.39 is 11.8 Å². The monoisotopic (exact) mass is 353 g/mol. The fraction of sp³-hybridized carbons (Fsp3) is 0.300. The van der Waals surface area contributed by atoms with E-state index in [1.54, 1.807) is 30.3 Å². The van der Waals surface area contributed by atoms with Crippen LogP contribution >= 0.6 is 0 Å². The third-order valence-electron chi connectivity index (χ3n) is 4.62. The molecular formula is C20H23N3O3. The molecule has 0 radical (unpaired) electrons. The summed E-state index contributed by atoms with van der Waals surface area (Å²) < 4.78 is 0. The molecule has 2 aromatic carbocycles.